The van der Waals surface area contributed by atoms with E-state index in [2.05, 4.69) is 5.32 Å². The van der Waals surface area contributed by atoms with Crippen molar-refractivity contribution in [3.8, 4) is 0 Å². The van der Waals surface area contributed by atoms with Crippen LogP contribution in [-0.4, -0.2) is 35.3 Å². The monoisotopic (exact) mass is 352 g/mol. The van der Waals surface area contributed by atoms with Gasteiger partial charge in [-0.3, -0.25) is 4.79 Å². The van der Waals surface area contributed by atoms with Crippen LogP contribution in [0.3, 0.4) is 0 Å². The minimum Gasteiger partial charge on any atom is -0.388 e. The lowest BCUT2D eigenvalue weighted by molar-refractivity contribution is -0.171. The molecule has 1 saturated carbocycles. The van der Waals surface area contributed by atoms with Gasteiger partial charge in [0, 0.05) is 24.5 Å². The van der Waals surface area contributed by atoms with Crippen LogP contribution in [0.15, 0.2) is 24.3 Å². The summed E-state index contributed by atoms with van der Waals surface area (Å²) in [5.41, 5.74) is 5.53. The third-order valence-electron chi connectivity index (χ3n) is 5.44. The van der Waals surface area contributed by atoms with E-state index in [1.165, 1.54) is 12.1 Å². The zero-order valence-corrected chi connectivity index (χ0v) is 15.4. The van der Waals surface area contributed by atoms with Crippen molar-refractivity contribution in [1.29, 1.82) is 0 Å². The van der Waals surface area contributed by atoms with Gasteiger partial charge in [-0.15, -0.1) is 0 Å². The molecule has 1 fully saturated rings. The Balaban J connectivity index is 1.93. The molecule has 0 saturated heterocycles. The largest absolute Gasteiger partial charge is 0.388 e. The maximum Gasteiger partial charge on any atom is 0.241 e. The topological polar surface area (TPSA) is 84.6 Å². The first kappa shape index (κ1) is 19.8. The van der Waals surface area contributed by atoms with Gasteiger partial charge in [0.15, 0.2) is 0 Å². The second-order valence-corrected chi connectivity index (χ2v) is 7.52. The Labute approximate surface area is 148 Å². The molecule has 1 aromatic rings. The number of amides is 1. The van der Waals surface area contributed by atoms with Crippen molar-refractivity contribution >= 4 is 5.91 Å². The molecule has 4 N–H and O–H groups in total. The number of aliphatic hydroxyl groups excluding tert-OH is 1. The second-order valence-electron chi connectivity index (χ2n) is 7.52. The fourth-order valence-electron chi connectivity index (χ4n) is 3.39. The Kier molecular flexibility index (Phi) is 5.86. The molecular formula is C19H29FN2O3. The Morgan fingerprint density at radius 2 is 2.04 bits per heavy atom. The number of benzene rings is 1. The summed E-state index contributed by atoms with van der Waals surface area (Å²) in [6.45, 7) is 8.21. The van der Waals surface area contributed by atoms with E-state index < -0.39 is 17.1 Å². The molecule has 1 aliphatic carbocycles. The molecule has 1 amide bonds. The van der Waals surface area contributed by atoms with E-state index in [0.717, 1.165) is 0 Å². The first-order valence-electron chi connectivity index (χ1n) is 8.76. The van der Waals surface area contributed by atoms with Gasteiger partial charge in [-0.05, 0) is 38.0 Å². The molecule has 0 bridgehead atoms. The lowest BCUT2D eigenvalue weighted by Crippen LogP contribution is -2.76. The summed E-state index contributed by atoms with van der Waals surface area (Å²) in [4.78, 5) is 12.7. The van der Waals surface area contributed by atoms with Crippen molar-refractivity contribution in [3.05, 3.63) is 35.6 Å². The van der Waals surface area contributed by atoms with Gasteiger partial charge < -0.3 is 20.9 Å². The second kappa shape index (κ2) is 7.40. The third-order valence-corrected chi connectivity index (χ3v) is 5.44. The standard InChI is InChI=1S/C19H29FN2O3/c1-5-25-16-11-19(21,18(16,3)4)17(24)22-12(2)10-15(23)13-6-8-14(20)9-7-13/h6-9,12,15-16,23H,5,10-11,21H2,1-4H3,(H,22,24). The van der Waals surface area contributed by atoms with Crippen LogP contribution in [-0.2, 0) is 9.53 Å². The van der Waals surface area contributed by atoms with Crippen LogP contribution in [0, 0.1) is 11.2 Å². The van der Waals surface area contributed by atoms with Gasteiger partial charge in [-0.2, -0.15) is 0 Å². The normalized spacial score (nSPS) is 27.2. The number of nitrogens with one attached hydrogen (secondary N) is 1. The molecule has 0 heterocycles. The van der Waals surface area contributed by atoms with Crippen LogP contribution in [0.25, 0.3) is 0 Å². The third kappa shape index (κ3) is 3.86. The molecule has 2 rings (SSSR count). The number of halogens is 1. The highest BCUT2D eigenvalue weighted by molar-refractivity contribution is 5.89. The van der Waals surface area contributed by atoms with Crippen molar-refractivity contribution in [3.63, 3.8) is 0 Å². The van der Waals surface area contributed by atoms with Crippen LogP contribution < -0.4 is 11.1 Å². The van der Waals surface area contributed by atoms with Crippen molar-refractivity contribution < 1.29 is 19.0 Å². The summed E-state index contributed by atoms with van der Waals surface area (Å²) < 4.78 is 18.6. The summed E-state index contributed by atoms with van der Waals surface area (Å²) in [6.07, 6.45) is -0.0149. The molecule has 4 atom stereocenters. The lowest BCUT2D eigenvalue weighted by atomic mass is 9.54. The van der Waals surface area contributed by atoms with Crippen LogP contribution in [0.5, 0.6) is 0 Å². The van der Waals surface area contributed by atoms with Gasteiger partial charge in [-0.25, -0.2) is 4.39 Å². The maximum absolute atomic E-state index is 13.0. The Bertz CT molecular complexity index is 605. The Morgan fingerprint density at radius 1 is 1.44 bits per heavy atom. The first-order chi connectivity index (χ1) is 11.6. The van der Waals surface area contributed by atoms with E-state index in [1.807, 2.05) is 27.7 Å². The summed E-state index contributed by atoms with van der Waals surface area (Å²) in [5.74, 6) is -0.578. The summed E-state index contributed by atoms with van der Waals surface area (Å²) in [7, 11) is 0. The number of ether oxygens (including phenoxy) is 1. The van der Waals surface area contributed by atoms with Gasteiger partial charge in [0.2, 0.25) is 5.91 Å². The highest BCUT2D eigenvalue weighted by Gasteiger charge is 2.62. The zero-order chi connectivity index (χ0) is 18.8. The molecule has 0 aliphatic heterocycles. The fourth-order valence-corrected chi connectivity index (χ4v) is 3.39. The van der Waals surface area contributed by atoms with Crippen molar-refractivity contribution in [2.45, 2.75) is 64.3 Å². The van der Waals surface area contributed by atoms with Gasteiger partial charge >= 0.3 is 0 Å². The van der Waals surface area contributed by atoms with E-state index >= 15 is 0 Å². The van der Waals surface area contributed by atoms with Gasteiger partial charge in [0.25, 0.3) is 0 Å². The van der Waals surface area contributed by atoms with E-state index in [4.69, 9.17) is 10.5 Å². The van der Waals surface area contributed by atoms with Crippen molar-refractivity contribution in [2.24, 2.45) is 11.1 Å². The van der Waals surface area contributed by atoms with Crippen molar-refractivity contribution in [1.82, 2.24) is 5.32 Å². The molecule has 25 heavy (non-hydrogen) atoms. The number of nitrogens with two attached hydrogens (primary N) is 1. The molecule has 0 radical (unpaired) electrons. The van der Waals surface area contributed by atoms with E-state index in [-0.39, 0.29) is 23.9 Å². The van der Waals surface area contributed by atoms with Crippen LogP contribution in [0.4, 0.5) is 4.39 Å². The highest BCUT2D eigenvalue weighted by atomic mass is 19.1. The van der Waals surface area contributed by atoms with E-state index in [0.29, 0.717) is 25.0 Å². The molecule has 1 aliphatic rings. The average Bonchev–Trinajstić information content (AvgIpc) is 2.54. The summed E-state index contributed by atoms with van der Waals surface area (Å²) in [6, 6.07) is 5.43. The van der Waals surface area contributed by atoms with Gasteiger partial charge in [0.1, 0.15) is 11.4 Å². The SMILES string of the molecule is CCOC1CC(N)(C(=O)NC(C)CC(O)c2ccc(F)cc2)C1(C)C. The Morgan fingerprint density at radius 3 is 2.56 bits per heavy atom. The molecule has 140 valence electrons. The molecule has 0 aromatic heterocycles. The Hall–Kier alpha value is -1.50. The number of carbonyl (C=O) groups excluding carboxylic acids is 1. The van der Waals surface area contributed by atoms with Crippen LogP contribution in [0.1, 0.15) is 52.2 Å². The lowest BCUT2D eigenvalue weighted by Gasteiger charge is -2.57. The molecular weight excluding hydrogens is 323 g/mol. The fraction of sp³-hybridized carbons (Fsp3) is 0.632. The first-order valence-corrected chi connectivity index (χ1v) is 8.76. The quantitative estimate of drug-likeness (QED) is 0.703. The number of aliphatic hydroxyl groups is 1. The predicted octanol–water partition coefficient (Wildman–Crippen LogP) is 2.29. The van der Waals surface area contributed by atoms with E-state index in [9.17, 15) is 14.3 Å². The van der Waals surface area contributed by atoms with Gasteiger partial charge in [-0.1, -0.05) is 26.0 Å². The van der Waals surface area contributed by atoms with Gasteiger partial charge in [0.05, 0.1) is 12.2 Å². The predicted molar refractivity (Wildman–Crippen MR) is 94.3 cm³/mol. The highest BCUT2D eigenvalue weighted by Crippen LogP contribution is 2.49. The summed E-state index contributed by atoms with van der Waals surface area (Å²) in [5, 5.41) is 13.2. The number of carbonyl (C=O) groups is 1. The van der Waals surface area contributed by atoms with Crippen molar-refractivity contribution in [2.75, 3.05) is 6.61 Å². The number of hydrogen-bond donors (Lipinski definition) is 3. The minimum absolute atomic E-state index is 0.0339. The minimum atomic E-state index is -0.984. The van der Waals surface area contributed by atoms with E-state index in [1.54, 1.807) is 12.1 Å². The molecule has 0 spiro atoms. The summed E-state index contributed by atoms with van der Waals surface area (Å²) >= 11 is 0. The smallest absolute Gasteiger partial charge is 0.241 e. The van der Waals surface area contributed by atoms with Crippen LogP contribution in [0.2, 0.25) is 0 Å². The zero-order valence-electron chi connectivity index (χ0n) is 15.4. The van der Waals surface area contributed by atoms with Crippen LogP contribution >= 0.6 is 0 Å². The maximum atomic E-state index is 13.0. The molecule has 4 unspecified atom stereocenters. The number of hydrogen-bond acceptors (Lipinski definition) is 4. The number of rotatable bonds is 7. The molecule has 5 nitrogen and oxygen atoms in total. The molecule has 6 heteroatoms. The average molecular weight is 352 g/mol. The molecule has 1 aromatic carbocycles.